The van der Waals surface area contributed by atoms with Gasteiger partial charge in [0.2, 0.25) is 5.89 Å². The highest BCUT2D eigenvalue weighted by molar-refractivity contribution is 5.69. The number of piperidine rings is 1. The van der Waals surface area contributed by atoms with Crippen molar-refractivity contribution in [1.29, 1.82) is 0 Å². The Bertz CT molecular complexity index is 519. The average molecular weight is 265 g/mol. The largest absolute Gasteiger partial charge is 0.444 e. The van der Waals surface area contributed by atoms with Gasteiger partial charge in [-0.2, -0.15) is 4.98 Å². The SMILES string of the molecule is Cc1noc([C@]23C[C@H]2CN(C(=O)OC(C)(C)C)C3)n1. The van der Waals surface area contributed by atoms with Crippen LogP contribution in [0, 0.1) is 12.8 Å². The Kier molecular flexibility index (Phi) is 2.43. The summed E-state index contributed by atoms with van der Waals surface area (Å²) in [6.07, 6.45) is 0.767. The number of carbonyl (C=O) groups is 1. The van der Waals surface area contributed by atoms with Crippen molar-refractivity contribution in [2.24, 2.45) is 5.92 Å². The Labute approximate surface area is 112 Å². The first-order valence-electron chi connectivity index (χ1n) is 6.59. The number of hydrogen-bond donors (Lipinski definition) is 0. The zero-order valence-corrected chi connectivity index (χ0v) is 11.8. The quantitative estimate of drug-likeness (QED) is 0.775. The monoisotopic (exact) mass is 265 g/mol. The number of carbonyl (C=O) groups excluding carboxylic acids is 1. The van der Waals surface area contributed by atoms with Gasteiger partial charge in [0.05, 0.1) is 5.41 Å². The maximum Gasteiger partial charge on any atom is 0.410 e. The van der Waals surface area contributed by atoms with Crippen LogP contribution in [-0.4, -0.2) is 39.8 Å². The molecule has 0 N–H and O–H groups in total. The minimum Gasteiger partial charge on any atom is -0.444 e. The second-order valence-electron chi connectivity index (χ2n) is 6.56. The van der Waals surface area contributed by atoms with E-state index in [-0.39, 0.29) is 11.5 Å². The van der Waals surface area contributed by atoms with Gasteiger partial charge in [-0.05, 0) is 40.0 Å². The van der Waals surface area contributed by atoms with Gasteiger partial charge in [0.25, 0.3) is 0 Å². The van der Waals surface area contributed by atoms with Crippen molar-refractivity contribution in [3.05, 3.63) is 11.7 Å². The minimum atomic E-state index is -0.460. The summed E-state index contributed by atoms with van der Waals surface area (Å²) in [6.45, 7) is 8.77. The van der Waals surface area contributed by atoms with E-state index in [1.54, 1.807) is 4.90 Å². The van der Waals surface area contributed by atoms with Gasteiger partial charge in [-0.15, -0.1) is 0 Å². The first-order chi connectivity index (χ1) is 8.80. The van der Waals surface area contributed by atoms with Crippen LogP contribution >= 0.6 is 0 Å². The topological polar surface area (TPSA) is 68.5 Å². The number of aryl methyl sites for hydroxylation is 1. The molecular weight excluding hydrogens is 246 g/mol. The van der Waals surface area contributed by atoms with Crippen molar-refractivity contribution in [2.45, 2.75) is 45.1 Å². The number of ether oxygens (including phenoxy) is 1. The van der Waals surface area contributed by atoms with Gasteiger partial charge >= 0.3 is 6.09 Å². The van der Waals surface area contributed by atoms with E-state index in [0.29, 0.717) is 24.2 Å². The zero-order valence-electron chi connectivity index (χ0n) is 11.8. The Morgan fingerprint density at radius 2 is 2.26 bits per heavy atom. The van der Waals surface area contributed by atoms with Gasteiger partial charge in [-0.1, -0.05) is 5.16 Å². The third-order valence-electron chi connectivity index (χ3n) is 3.75. The highest BCUT2D eigenvalue weighted by Gasteiger charge is 2.65. The molecule has 0 spiro atoms. The molecule has 0 unspecified atom stereocenters. The predicted molar refractivity (Wildman–Crippen MR) is 66.6 cm³/mol. The molecule has 104 valence electrons. The summed E-state index contributed by atoms with van der Waals surface area (Å²) in [4.78, 5) is 18.1. The molecule has 19 heavy (non-hydrogen) atoms. The Morgan fingerprint density at radius 1 is 1.53 bits per heavy atom. The number of rotatable bonds is 1. The molecule has 0 radical (unpaired) electrons. The Morgan fingerprint density at radius 3 is 2.84 bits per heavy atom. The maximum absolute atomic E-state index is 12.0. The van der Waals surface area contributed by atoms with Gasteiger partial charge in [0, 0.05) is 13.1 Å². The number of hydrogen-bond acceptors (Lipinski definition) is 5. The third kappa shape index (κ3) is 2.09. The molecule has 6 nitrogen and oxygen atoms in total. The number of likely N-dealkylation sites (tertiary alicyclic amines) is 1. The Balaban J connectivity index is 1.70. The van der Waals surface area contributed by atoms with E-state index in [9.17, 15) is 4.79 Å². The molecule has 1 aliphatic carbocycles. The van der Waals surface area contributed by atoms with Crippen LogP contribution in [0.5, 0.6) is 0 Å². The van der Waals surface area contributed by atoms with Crippen LogP contribution in [0.4, 0.5) is 4.79 Å². The number of nitrogens with zero attached hydrogens (tertiary/aromatic N) is 3. The van der Waals surface area contributed by atoms with E-state index in [1.165, 1.54) is 0 Å². The number of fused-ring (bicyclic) bond motifs is 1. The van der Waals surface area contributed by atoms with Crippen LogP contribution < -0.4 is 0 Å². The van der Waals surface area contributed by atoms with Crippen molar-refractivity contribution in [3.8, 4) is 0 Å². The zero-order chi connectivity index (χ0) is 13.8. The third-order valence-corrected chi connectivity index (χ3v) is 3.75. The summed E-state index contributed by atoms with van der Waals surface area (Å²) in [5.41, 5.74) is -0.573. The molecule has 1 aromatic heterocycles. The first kappa shape index (κ1) is 12.4. The second-order valence-corrected chi connectivity index (χ2v) is 6.56. The molecule has 2 fully saturated rings. The summed E-state index contributed by atoms with van der Waals surface area (Å²) >= 11 is 0. The van der Waals surface area contributed by atoms with E-state index in [4.69, 9.17) is 9.26 Å². The standard InChI is InChI=1S/C13H19N3O3/c1-8-14-10(19-15-8)13-5-9(13)6-16(7-13)11(17)18-12(2,3)4/h9H,5-7H2,1-4H3/t9-,13-/m0/s1. The van der Waals surface area contributed by atoms with Gasteiger partial charge in [0.1, 0.15) is 5.60 Å². The minimum absolute atomic E-state index is 0.113. The van der Waals surface area contributed by atoms with E-state index in [2.05, 4.69) is 10.1 Å². The highest BCUT2D eigenvalue weighted by Crippen LogP contribution is 2.58. The molecule has 6 heteroatoms. The molecule has 2 heterocycles. The summed E-state index contributed by atoms with van der Waals surface area (Å²) in [5, 5.41) is 3.84. The molecule has 1 amide bonds. The molecule has 0 aromatic carbocycles. The fourth-order valence-corrected chi connectivity index (χ4v) is 2.78. The lowest BCUT2D eigenvalue weighted by Gasteiger charge is -2.25. The van der Waals surface area contributed by atoms with Crippen LogP contribution in [-0.2, 0) is 10.2 Å². The van der Waals surface area contributed by atoms with Crippen molar-refractivity contribution in [2.75, 3.05) is 13.1 Å². The molecule has 2 aliphatic rings. The fraction of sp³-hybridized carbons (Fsp3) is 0.769. The predicted octanol–water partition coefficient (Wildman–Crippen LogP) is 1.89. The molecule has 2 atom stereocenters. The summed E-state index contributed by atoms with van der Waals surface area (Å²) < 4.78 is 10.7. The van der Waals surface area contributed by atoms with Crippen LogP contribution in [0.1, 0.15) is 38.9 Å². The molecule has 0 bridgehead atoms. The first-order valence-corrected chi connectivity index (χ1v) is 6.59. The van der Waals surface area contributed by atoms with E-state index in [0.717, 1.165) is 13.0 Å². The van der Waals surface area contributed by atoms with Gasteiger partial charge < -0.3 is 14.2 Å². The van der Waals surface area contributed by atoms with Crippen molar-refractivity contribution in [3.63, 3.8) is 0 Å². The van der Waals surface area contributed by atoms with E-state index < -0.39 is 5.60 Å². The van der Waals surface area contributed by atoms with Gasteiger partial charge in [-0.3, -0.25) is 0 Å². The molecule has 1 aliphatic heterocycles. The smallest absolute Gasteiger partial charge is 0.410 e. The fourth-order valence-electron chi connectivity index (χ4n) is 2.78. The van der Waals surface area contributed by atoms with Crippen LogP contribution in [0.25, 0.3) is 0 Å². The lowest BCUT2D eigenvalue weighted by atomic mass is 10.1. The lowest BCUT2D eigenvalue weighted by molar-refractivity contribution is 0.0268. The lowest BCUT2D eigenvalue weighted by Crippen LogP contribution is -2.37. The van der Waals surface area contributed by atoms with E-state index >= 15 is 0 Å². The van der Waals surface area contributed by atoms with Gasteiger partial charge in [0.15, 0.2) is 5.82 Å². The van der Waals surface area contributed by atoms with E-state index in [1.807, 2.05) is 27.7 Å². The normalized spacial score (nSPS) is 29.3. The van der Waals surface area contributed by atoms with Crippen molar-refractivity contribution in [1.82, 2.24) is 15.0 Å². The highest BCUT2D eigenvalue weighted by atomic mass is 16.6. The summed E-state index contributed by atoms with van der Waals surface area (Å²) in [5.74, 6) is 1.74. The van der Waals surface area contributed by atoms with Crippen LogP contribution in [0.3, 0.4) is 0 Å². The van der Waals surface area contributed by atoms with Gasteiger partial charge in [-0.25, -0.2) is 4.79 Å². The Hall–Kier alpha value is -1.59. The summed E-state index contributed by atoms with van der Waals surface area (Å²) in [6, 6.07) is 0. The van der Waals surface area contributed by atoms with Crippen molar-refractivity contribution >= 4 is 6.09 Å². The molecule has 3 rings (SSSR count). The molecule has 1 aromatic rings. The molecule has 1 saturated carbocycles. The summed E-state index contributed by atoms with van der Waals surface area (Å²) in [7, 11) is 0. The van der Waals surface area contributed by atoms with Crippen LogP contribution in [0.2, 0.25) is 0 Å². The number of amides is 1. The number of aromatic nitrogens is 2. The molecule has 1 saturated heterocycles. The average Bonchev–Trinajstić information content (AvgIpc) is 2.68. The van der Waals surface area contributed by atoms with Crippen molar-refractivity contribution < 1.29 is 14.1 Å². The maximum atomic E-state index is 12.0. The van der Waals surface area contributed by atoms with Crippen LogP contribution in [0.15, 0.2) is 4.52 Å². The second kappa shape index (κ2) is 3.71. The molecular formula is C13H19N3O3.